The Hall–Kier alpha value is -3.99. The van der Waals surface area contributed by atoms with Crippen LogP contribution in [0.25, 0.3) is 0 Å². The number of nitriles is 1. The summed E-state index contributed by atoms with van der Waals surface area (Å²) < 4.78 is 11.1. The first-order valence-corrected chi connectivity index (χ1v) is 9.79. The van der Waals surface area contributed by atoms with E-state index in [0.29, 0.717) is 35.9 Å². The third-order valence-corrected chi connectivity index (χ3v) is 5.46. The molecule has 2 heterocycles. The van der Waals surface area contributed by atoms with Gasteiger partial charge in [0.25, 0.3) is 0 Å². The number of amides is 1. The van der Waals surface area contributed by atoms with Crippen LogP contribution >= 0.6 is 0 Å². The number of nitrogens with one attached hydrogen (secondary N) is 1. The van der Waals surface area contributed by atoms with Crippen LogP contribution in [-0.2, 0) is 10.2 Å². The highest BCUT2D eigenvalue weighted by Crippen LogP contribution is 2.55. The van der Waals surface area contributed by atoms with Crippen LogP contribution in [0.5, 0.6) is 11.8 Å². The van der Waals surface area contributed by atoms with Gasteiger partial charge in [0.1, 0.15) is 11.9 Å². The van der Waals surface area contributed by atoms with E-state index in [9.17, 15) is 4.79 Å². The fourth-order valence-electron chi connectivity index (χ4n) is 3.61. The SMILES string of the molecule is COc1ncc(OCC2(c3ccccc3)CC2C(=O)Nc2ccc(C#N)cn2)c(C)n1. The number of nitrogens with zero attached hydrogens (tertiary/aromatic N) is 4. The van der Waals surface area contributed by atoms with Gasteiger partial charge in [-0.25, -0.2) is 4.98 Å². The maximum Gasteiger partial charge on any atom is 0.316 e. The summed E-state index contributed by atoms with van der Waals surface area (Å²) in [5.74, 6) is 0.563. The zero-order chi connectivity index (χ0) is 21.8. The molecule has 1 saturated carbocycles. The van der Waals surface area contributed by atoms with Crippen LogP contribution in [-0.4, -0.2) is 34.6 Å². The summed E-state index contributed by atoms with van der Waals surface area (Å²) in [5, 5.41) is 11.7. The molecule has 3 aromatic rings. The highest BCUT2D eigenvalue weighted by molar-refractivity contribution is 5.95. The second-order valence-corrected chi connectivity index (χ2v) is 7.41. The number of ether oxygens (including phenoxy) is 2. The molecule has 0 radical (unpaired) electrons. The molecule has 1 aliphatic carbocycles. The lowest BCUT2D eigenvalue weighted by Gasteiger charge is -2.19. The van der Waals surface area contributed by atoms with E-state index >= 15 is 0 Å². The summed E-state index contributed by atoms with van der Waals surface area (Å²) in [5.41, 5.74) is 1.69. The molecular weight excluding hydrogens is 394 g/mol. The number of aryl methyl sites for hydroxylation is 1. The molecule has 2 unspecified atom stereocenters. The number of carbonyl (C=O) groups excluding carboxylic acids is 1. The average Bonchev–Trinajstić information content (AvgIpc) is 3.55. The first kappa shape index (κ1) is 20.3. The predicted octanol–water partition coefficient (Wildman–Crippen LogP) is 3.04. The topological polar surface area (TPSA) is 110 Å². The van der Waals surface area contributed by atoms with Gasteiger partial charge in [0.2, 0.25) is 5.91 Å². The van der Waals surface area contributed by atoms with Crippen LogP contribution in [0.1, 0.15) is 23.2 Å². The highest BCUT2D eigenvalue weighted by atomic mass is 16.5. The molecular formula is C23H21N5O3. The molecule has 0 bridgehead atoms. The molecule has 31 heavy (non-hydrogen) atoms. The van der Waals surface area contributed by atoms with Gasteiger partial charge in [-0.1, -0.05) is 30.3 Å². The van der Waals surface area contributed by atoms with Crippen molar-refractivity contribution < 1.29 is 14.3 Å². The van der Waals surface area contributed by atoms with E-state index in [0.717, 1.165) is 5.56 Å². The number of carbonyl (C=O) groups is 1. The van der Waals surface area contributed by atoms with Crippen molar-refractivity contribution in [1.82, 2.24) is 15.0 Å². The molecule has 1 amide bonds. The molecule has 1 aliphatic rings. The second-order valence-electron chi connectivity index (χ2n) is 7.41. The van der Waals surface area contributed by atoms with Crippen molar-refractivity contribution in [2.45, 2.75) is 18.8 Å². The standard InChI is InChI=1S/C23H21N5O3/c1-15-19(13-26-22(27-15)30-2)31-14-23(17-6-4-3-5-7-17)10-18(23)21(29)28-20-9-8-16(11-24)12-25-20/h3-9,12-13,18H,10,14H2,1-2H3,(H,25,28,29). The fourth-order valence-corrected chi connectivity index (χ4v) is 3.61. The van der Waals surface area contributed by atoms with Gasteiger partial charge in [0.15, 0.2) is 5.75 Å². The van der Waals surface area contributed by atoms with Gasteiger partial charge in [0.05, 0.1) is 37.1 Å². The molecule has 8 heteroatoms. The summed E-state index contributed by atoms with van der Waals surface area (Å²) in [4.78, 5) is 25.4. The van der Waals surface area contributed by atoms with E-state index in [1.54, 1.807) is 18.3 Å². The lowest BCUT2D eigenvalue weighted by molar-refractivity contribution is -0.117. The average molecular weight is 415 g/mol. The highest BCUT2D eigenvalue weighted by Gasteiger charge is 2.60. The number of rotatable bonds is 7. The van der Waals surface area contributed by atoms with E-state index < -0.39 is 5.41 Å². The van der Waals surface area contributed by atoms with Crippen molar-refractivity contribution in [1.29, 1.82) is 5.26 Å². The Bertz CT molecular complexity index is 1130. The maximum atomic E-state index is 13.0. The number of pyridine rings is 1. The minimum atomic E-state index is -0.454. The summed E-state index contributed by atoms with van der Waals surface area (Å²) in [6.45, 7) is 2.13. The molecule has 0 spiro atoms. The summed E-state index contributed by atoms with van der Waals surface area (Å²) in [6, 6.07) is 15.4. The van der Waals surface area contributed by atoms with E-state index in [1.165, 1.54) is 13.3 Å². The molecule has 1 aromatic carbocycles. The number of hydrogen-bond acceptors (Lipinski definition) is 7. The summed E-state index contributed by atoms with van der Waals surface area (Å²) >= 11 is 0. The van der Waals surface area contributed by atoms with Gasteiger partial charge in [-0.3, -0.25) is 4.79 Å². The quantitative estimate of drug-likeness (QED) is 0.631. The number of aromatic nitrogens is 3. The van der Waals surface area contributed by atoms with Crippen LogP contribution in [0.15, 0.2) is 54.9 Å². The number of methoxy groups -OCH3 is 1. The van der Waals surface area contributed by atoms with Crippen LogP contribution in [0.3, 0.4) is 0 Å². The van der Waals surface area contributed by atoms with Crippen molar-refractivity contribution in [3.8, 4) is 17.8 Å². The fraction of sp³-hybridized carbons (Fsp3) is 0.261. The molecule has 0 saturated heterocycles. The monoisotopic (exact) mass is 415 g/mol. The number of hydrogen-bond donors (Lipinski definition) is 1. The Morgan fingerprint density at radius 3 is 2.68 bits per heavy atom. The largest absolute Gasteiger partial charge is 0.489 e. The number of anilines is 1. The van der Waals surface area contributed by atoms with Gasteiger partial charge in [0, 0.05) is 11.6 Å². The maximum absolute atomic E-state index is 13.0. The Morgan fingerprint density at radius 1 is 1.23 bits per heavy atom. The Labute approximate surface area is 179 Å². The van der Waals surface area contributed by atoms with E-state index in [-0.39, 0.29) is 17.8 Å². The van der Waals surface area contributed by atoms with Crippen molar-refractivity contribution in [3.05, 3.63) is 71.7 Å². The predicted molar refractivity (Wildman–Crippen MR) is 113 cm³/mol. The van der Waals surface area contributed by atoms with E-state index in [1.807, 2.05) is 43.3 Å². The van der Waals surface area contributed by atoms with Crippen LogP contribution in [0, 0.1) is 24.2 Å². The van der Waals surface area contributed by atoms with Gasteiger partial charge in [-0.2, -0.15) is 15.2 Å². The summed E-state index contributed by atoms with van der Waals surface area (Å²) in [7, 11) is 1.51. The molecule has 4 rings (SSSR count). The third kappa shape index (κ3) is 4.16. The van der Waals surface area contributed by atoms with Crippen molar-refractivity contribution in [3.63, 3.8) is 0 Å². The first-order valence-electron chi connectivity index (χ1n) is 9.79. The van der Waals surface area contributed by atoms with Crippen LogP contribution < -0.4 is 14.8 Å². The lowest BCUT2D eigenvalue weighted by atomic mass is 9.93. The smallest absolute Gasteiger partial charge is 0.316 e. The minimum absolute atomic E-state index is 0.132. The molecule has 0 aliphatic heterocycles. The van der Waals surface area contributed by atoms with Crippen LogP contribution in [0.2, 0.25) is 0 Å². The second kappa shape index (κ2) is 8.40. The van der Waals surface area contributed by atoms with E-state index in [4.69, 9.17) is 14.7 Å². The van der Waals surface area contributed by atoms with Gasteiger partial charge >= 0.3 is 6.01 Å². The summed E-state index contributed by atoms with van der Waals surface area (Å²) in [6.07, 6.45) is 3.66. The Balaban J connectivity index is 1.52. The normalized spacial score (nSPS) is 19.2. The molecule has 2 aromatic heterocycles. The molecule has 8 nitrogen and oxygen atoms in total. The minimum Gasteiger partial charge on any atom is -0.489 e. The third-order valence-electron chi connectivity index (χ3n) is 5.46. The van der Waals surface area contributed by atoms with Crippen molar-refractivity contribution in [2.24, 2.45) is 5.92 Å². The van der Waals surface area contributed by atoms with Gasteiger partial charge < -0.3 is 14.8 Å². The zero-order valence-electron chi connectivity index (χ0n) is 17.2. The van der Waals surface area contributed by atoms with E-state index in [2.05, 4.69) is 20.3 Å². The molecule has 1 N–H and O–H groups in total. The molecule has 156 valence electrons. The Kier molecular flexibility index (Phi) is 5.50. The Morgan fingerprint density at radius 2 is 2.03 bits per heavy atom. The number of benzene rings is 1. The van der Waals surface area contributed by atoms with Crippen molar-refractivity contribution >= 4 is 11.7 Å². The lowest BCUT2D eigenvalue weighted by Crippen LogP contribution is -2.27. The van der Waals surface area contributed by atoms with Gasteiger partial charge in [-0.15, -0.1) is 0 Å². The zero-order valence-corrected chi connectivity index (χ0v) is 17.2. The first-order chi connectivity index (χ1) is 15.1. The van der Waals surface area contributed by atoms with Crippen molar-refractivity contribution in [2.75, 3.05) is 19.0 Å². The van der Waals surface area contributed by atoms with Gasteiger partial charge in [-0.05, 0) is 31.0 Å². The molecule has 2 atom stereocenters. The van der Waals surface area contributed by atoms with Crippen LogP contribution in [0.4, 0.5) is 5.82 Å². The molecule has 1 fully saturated rings.